The quantitative estimate of drug-likeness (QED) is 0.727. The lowest BCUT2D eigenvalue weighted by molar-refractivity contribution is 0.501. The van der Waals surface area contributed by atoms with Gasteiger partial charge in [-0.3, -0.25) is 4.98 Å². The van der Waals surface area contributed by atoms with Gasteiger partial charge in [0.25, 0.3) is 0 Å². The van der Waals surface area contributed by atoms with E-state index < -0.39 is 0 Å². The van der Waals surface area contributed by atoms with Crippen molar-refractivity contribution < 1.29 is 4.39 Å². The molecule has 1 heterocycles. The fourth-order valence-electron chi connectivity index (χ4n) is 1.47. The van der Waals surface area contributed by atoms with Gasteiger partial charge >= 0.3 is 0 Å². The molecule has 0 fully saturated rings. The van der Waals surface area contributed by atoms with Gasteiger partial charge in [-0.25, -0.2) is 4.39 Å². The van der Waals surface area contributed by atoms with Crippen molar-refractivity contribution in [3.8, 4) is 0 Å². The Hall–Kier alpha value is -1.22. The van der Waals surface area contributed by atoms with E-state index in [2.05, 4.69) is 23.8 Å². The summed E-state index contributed by atoms with van der Waals surface area (Å²) in [7, 11) is 0. The maximum absolute atomic E-state index is 13.5. The van der Waals surface area contributed by atoms with Crippen molar-refractivity contribution in [3.05, 3.63) is 42.5 Å². The van der Waals surface area contributed by atoms with Gasteiger partial charge in [-0.05, 0) is 25.5 Å². The summed E-state index contributed by atoms with van der Waals surface area (Å²) in [6.45, 7) is 6.65. The summed E-state index contributed by atoms with van der Waals surface area (Å²) in [5.41, 5.74) is 0.665. The van der Waals surface area contributed by atoms with Gasteiger partial charge in [0.15, 0.2) is 0 Å². The van der Waals surface area contributed by atoms with Crippen LogP contribution in [0.1, 0.15) is 31.4 Å². The van der Waals surface area contributed by atoms with Crippen LogP contribution in [0.2, 0.25) is 0 Å². The third kappa shape index (κ3) is 3.44. The van der Waals surface area contributed by atoms with Crippen molar-refractivity contribution in [1.82, 2.24) is 10.3 Å². The fourth-order valence-corrected chi connectivity index (χ4v) is 1.47. The molecule has 0 aliphatic heterocycles. The molecule has 0 bridgehead atoms. The minimum Gasteiger partial charge on any atom is -0.310 e. The zero-order valence-corrected chi connectivity index (χ0v) is 9.04. The Bertz CT molecular complexity index is 312. The predicted molar refractivity (Wildman–Crippen MR) is 60.0 cm³/mol. The monoisotopic (exact) mass is 208 g/mol. The standard InChI is InChI=1S/C12H17FN2/c1-3-5-12(15-7-4-2)10-6-8-14-9-11(10)13/h3,6,8-9,12,15H,1,4-5,7H2,2H3. The van der Waals surface area contributed by atoms with E-state index >= 15 is 0 Å². The minimum absolute atomic E-state index is 0.00505. The molecule has 15 heavy (non-hydrogen) atoms. The van der Waals surface area contributed by atoms with Gasteiger partial charge in [0.2, 0.25) is 0 Å². The summed E-state index contributed by atoms with van der Waals surface area (Å²) in [4.78, 5) is 3.74. The molecule has 0 saturated carbocycles. The van der Waals surface area contributed by atoms with Gasteiger partial charge in [0.1, 0.15) is 5.82 Å². The molecule has 82 valence electrons. The first kappa shape index (κ1) is 11.9. The molecule has 1 aromatic heterocycles. The van der Waals surface area contributed by atoms with Crippen LogP contribution >= 0.6 is 0 Å². The second kappa shape index (κ2) is 6.30. The SMILES string of the molecule is C=CCC(NCCC)c1ccncc1F. The van der Waals surface area contributed by atoms with E-state index in [1.54, 1.807) is 18.3 Å². The number of aromatic nitrogens is 1. The van der Waals surface area contributed by atoms with E-state index in [-0.39, 0.29) is 11.9 Å². The van der Waals surface area contributed by atoms with Gasteiger partial charge in [-0.2, -0.15) is 0 Å². The average molecular weight is 208 g/mol. The summed E-state index contributed by atoms with van der Waals surface area (Å²) >= 11 is 0. The molecule has 0 aromatic carbocycles. The van der Waals surface area contributed by atoms with Crippen LogP contribution < -0.4 is 5.32 Å². The number of rotatable bonds is 6. The number of pyridine rings is 1. The Morgan fingerprint density at radius 3 is 3.07 bits per heavy atom. The van der Waals surface area contributed by atoms with Gasteiger partial charge in [0, 0.05) is 17.8 Å². The van der Waals surface area contributed by atoms with E-state index in [1.807, 2.05) is 0 Å². The lowest BCUT2D eigenvalue weighted by Crippen LogP contribution is -2.22. The highest BCUT2D eigenvalue weighted by Gasteiger charge is 2.12. The van der Waals surface area contributed by atoms with Crippen LogP contribution in [0.3, 0.4) is 0 Å². The maximum atomic E-state index is 13.5. The van der Waals surface area contributed by atoms with E-state index in [1.165, 1.54) is 6.20 Å². The second-order valence-corrected chi connectivity index (χ2v) is 3.43. The zero-order valence-electron chi connectivity index (χ0n) is 9.04. The Morgan fingerprint density at radius 1 is 1.67 bits per heavy atom. The van der Waals surface area contributed by atoms with Crippen molar-refractivity contribution in [1.29, 1.82) is 0 Å². The highest BCUT2D eigenvalue weighted by Crippen LogP contribution is 2.19. The highest BCUT2D eigenvalue weighted by atomic mass is 19.1. The largest absolute Gasteiger partial charge is 0.310 e. The van der Waals surface area contributed by atoms with Crippen molar-refractivity contribution in [2.24, 2.45) is 0 Å². The molecule has 0 radical (unpaired) electrons. The molecule has 2 nitrogen and oxygen atoms in total. The third-order valence-electron chi connectivity index (χ3n) is 2.22. The molecule has 1 rings (SSSR count). The van der Waals surface area contributed by atoms with Gasteiger partial charge in [-0.15, -0.1) is 6.58 Å². The Labute approximate surface area is 90.2 Å². The molecule has 0 aliphatic carbocycles. The molecule has 1 aromatic rings. The molecule has 0 aliphatic rings. The van der Waals surface area contributed by atoms with Gasteiger partial charge in [-0.1, -0.05) is 13.0 Å². The first-order valence-corrected chi connectivity index (χ1v) is 5.23. The van der Waals surface area contributed by atoms with Crippen LogP contribution in [0.15, 0.2) is 31.1 Å². The van der Waals surface area contributed by atoms with Crippen molar-refractivity contribution >= 4 is 0 Å². The zero-order chi connectivity index (χ0) is 11.1. The van der Waals surface area contributed by atoms with Crippen LogP contribution in [0.4, 0.5) is 4.39 Å². The van der Waals surface area contributed by atoms with Crippen molar-refractivity contribution in [3.63, 3.8) is 0 Å². The van der Waals surface area contributed by atoms with Crippen LogP contribution in [-0.2, 0) is 0 Å². The van der Waals surface area contributed by atoms with E-state index in [4.69, 9.17) is 0 Å². The van der Waals surface area contributed by atoms with Crippen LogP contribution in [0.25, 0.3) is 0 Å². The molecule has 1 N–H and O–H groups in total. The Balaban J connectivity index is 2.78. The number of halogens is 1. The lowest BCUT2D eigenvalue weighted by atomic mass is 10.0. The Kier molecular flexibility index (Phi) is 4.98. The highest BCUT2D eigenvalue weighted by molar-refractivity contribution is 5.18. The number of nitrogens with one attached hydrogen (secondary N) is 1. The summed E-state index contributed by atoms with van der Waals surface area (Å²) in [6.07, 6.45) is 6.41. The second-order valence-electron chi connectivity index (χ2n) is 3.43. The molecule has 0 spiro atoms. The van der Waals surface area contributed by atoms with Crippen LogP contribution in [-0.4, -0.2) is 11.5 Å². The molecule has 0 saturated heterocycles. The molecular weight excluding hydrogens is 191 g/mol. The summed E-state index contributed by atoms with van der Waals surface area (Å²) < 4.78 is 13.5. The summed E-state index contributed by atoms with van der Waals surface area (Å²) in [5.74, 6) is -0.257. The normalized spacial score (nSPS) is 12.4. The summed E-state index contributed by atoms with van der Waals surface area (Å²) in [5, 5.41) is 3.29. The topological polar surface area (TPSA) is 24.9 Å². The number of nitrogens with zero attached hydrogens (tertiary/aromatic N) is 1. The van der Waals surface area contributed by atoms with Gasteiger partial charge in [0.05, 0.1) is 6.20 Å². The number of hydrogen-bond donors (Lipinski definition) is 1. The first-order chi connectivity index (χ1) is 7.29. The molecule has 1 unspecified atom stereocenters. The minimum atomic E-state index is -0.257. The smallest absolute Gasteiger partial charge is 0.146 e. The molecular formula is C12H17FN2. The average Bonchev–Trinajstić information content (AvgIpc) is 2.25. The summed E-state index contributed by atoms with van der Waals surface area (Å²) in [6, 6.07) is 1.72. The molecule has 1 atom stereocenters. The first-order valence-electron chi connectivity index (χ1n) is 5.23. The van der Waals surface area contributed by atoms with Crippen molar-refractivity contribution in [2.45, 2.75) is 25.8 Å². The van der Waals surface area contributed by atoms with Crippen LogP contribution in [0, 0.1) is 5.82 Å². The third-order valence-corrected chi connectivity index (χ3v) is 2.22. The molecule has 0 amide bonds. The molecule has 3 heteroatoms. The van der Waals surface area contributed by atoms with Crippen molar-refractivity contribution in [2.75, 3.05) is 6.54 Å². The van der Waals surface area contributed by atoms with E-state index in [9.17, 15) is 4.39 Å². The van der Waals surface area contributed by atoms with E-state index in [0.717, 1.165) is 19.4 Å². The lowest BCUT2D eigenvalue weighted by Gasteiger charge is -2.17. The Morgan fingerprint density at radius 2 is 2.47 bits per heavy atom. The maximum Gasteiger partial charge on any atom is 0.146 e. The fraction of sp³-hybridized carbons (Fsp3) is 0.417. The van der Waals surface area contributed by atoms with Crippen LogP contribution in [0.5, 0.6) is 0 Å². The van der Waals surface area contributed by atoms with E-state index in [0.29, 0.717) is 5.56 Å². The predicted octanol–water partition coefficient (Wildman–Crippen LogP) is 2.84. The van der Waals surface area contributed by atoms with Gasteiger partial charge < -0.3 is 5.32 Å². The number of hydrogen-bond acceptors (Lipinski definition) is 2.